The molecule has 2 rings (SSSR count). The first-order valence-electron chi connectivity index (χ1n) is 14.1. The molecule has 0 aromatic carbocycles. The summed E-state index contributed by atoms with van der Waals surface area (Å²) in [5.41, 5.74) is 2.13. The maximum absolute atomic E-state index is 11.4. The smallest absolute Gasteiger partial charge is 0.201 e. The lowest BCUT2D eigenvalue weighted by Crippen LogP contribution is -2.58. The molecular formula is C28H56O4Si2. The molecule has 0 radical (unpaired) electrons. The molecule has 4 nitrogen and oxygen atoms in total. The third-order valence-electron chi connectivity index (χ3n) is 9.08. The molecule has 1 N–H and O–H groups in total. The Kier molecular flexibility index (Phi) is 10.2. The first kappa shape index (κ1) is 30.1. The van der Waals surface area contributed by atoms with E-state index in [0.717, 1.165) is 31.4 Å². The molecular weight excluding hydrogens is 456 g/mol. The minimum absolute atomic E-state index is 0.129. The molecule has 200 valence electrons. The van der Waals surface area contributed by atoms with E-state index in [1.54, 1.807) is 0 Å². The minimum Gasteiger partial charge on any atom is -0.492 e. The zero-order valence-corrected chi connectivity index (χ0v) is 26.4. The van der Waals surface area contributed by atoms with E-state index >= 15 is 0 Å². The summed E-state index contributed by atoms with van der Waals surface area (Å²) in [4.78, 5) is 0. The second-order valence-corrected chi connectivity index (χ2v) is 23.8. The van der Waals surface area contributed by atoms with Crippen molar-refractivity contribution in [1.82, 2.24) is 0 Å². The lowest BCUT2D eigenvalue weighted by molar-refractivity contribution is -0.0517. The van der Waals surface area contributed by atoms with Crippen LogP contribution in [0.25, 0.3) is 0 Å². The molecule has 1 saturated carbocycles. The van der Waals surface area contributed by atoms with E-state index < -0.39 is 22.2 Å². The van der Waals surface area contributed by atoms with Crippen molar-refractivity contribution >= 4 is 16.6 Å². The van der Waals surface area contributed by atoms with Crippen LogP contribution in [-0.2, 0) is 13.6 Å². The first-order valence-corrected chi connectivity index (χ1v) is 18.4. The predicted octanol–water partition coefficient (Wildman–Crippen LogP) is 8.33. The molecule has 0 amide bonds. The van der Waals surface area contributed by atoms with Gasteiger partial charge in [-0.05, 0) is 65.0 Å². The lowest BCUT2D eigenvalue weighted by atomic mass is 9.96. The van der Waals surface area contributed by atoms with Gasteiger partial charge in [0.1, 0.15) is 24.1 Å². The molecule has 0 saturated heterocycles. The predicted molar refractivity (Wildman–Crippen MR) is 149 cm³/mol. The molecule has 0 spiro atoms. The Labute approximate surface area is 213 Å². The van der Waals surface area contributed by atoms with Crippen molar-refractivity contribution in [1.29, 1.82) is 0 Å². The zero-order valence-electron chi connectivity index (χ0n) is 24.4. The van der Waals surface area contributed by atoms with Crippen molar-refractivity contribution in [3.05, 3.63) is 11.8 Å². The Bertz CT molecular complexity index is 634. The summed E-state index contributed by atoms with van der Waals surface area (Å²) in [7, 11) is -4.28. The number of hydrogen-bond donors (Lipinski definition) is 1. The Hall–Kier alpha value is -0.146. The quantitative estimate of drug-likeness (QED) is 0.283. The normalized spacial score (nSPS) is 24.1. The summed E-state index contributed by atoms with van der Waals surface area (Å²) in [5, 5.41) is 11.4. The van der Waals surface area contributed by atoms with Crippen molar-refractivity contribution in [2.45, 2.75) is 160 Å². The van der Waals surface area contributed by atoms with Crippen LogP contribution in [0.1, 0.15) is 109 Å². The fraction of sp³-hybridized carbons (Fsp3) is 0.929. The third kappa shape index (κ3) is 5.56. The van der Waals surface area contributed by atoms with Gasteiger partial charge in [-0.1, -0.05) is 83.1 Å². The van der Waals surface area contributed by atoms with E-state index in [4.69, 9.17) is 13.6 Å². The summed E-state index contributed by atoms with van der Waals surface area (Å²) in [5.74, 6) is 0.736. The largest absolute Gasteiger partial charge is 0.492 e. The van der Waals surface area contributed by atoms with Gasteiger partial charge in [-0.25, -0.2) is 0 Å². The summed E-state index contributed by atoms with van der Waals surface area (Å²) >= 11 is 0. The van der Waals surface area contributed by atoms with Crippen LogP contribution >= 0.6 is 0 Å². The Morgan fingerprint density at radius 2 is 1.12 bits per heavy atom. The Morgan fingerprint density at radius 3 is 1.50 bits per heavy atom. The average Bonchev–Trinajstić information content (AvgIpc) is 3.16. The molecule has 1 aliphatic carbocycles. The third-order valence-corrected chi connectivity index (χ3v) is 21.3. The van der Waals surface area contributed by atoms with Gasteiger partial charge in [0.2, 0.25) is 16.6 Å². The van der Waals surface area contributed by atoms with Crippen molar-refractivity contribution in [2.24, 2.45) is 0 Å². The van der Waals surface area contributed by atoms with Gasteiger partial charge >= 0.3 is 0 Å². The molecule has 1 aliphatic heterocycles. The minimum atomic E-state index is -2.15. The summed E-state index contributed by atoms with van der Waals surface area (Å²) < 4.78 is 21.0. The van der Waals surface area contributed by atoms with Crippen LogP contribution in [0.4, 0.5) is 0 Å². The van der Waals surface area contributed by atoms with Gasteiger partial charge in [0.05, 0.1) is 6.10 Å². The van der Waals surface area contributed by atoms with Gasteiger partial charge in [-0.3, -0.25) is 0 Å². The second kappa shape index (κ2) is 11.5. The van der Waals surface area contributed by atoms with Crippen LogP contribution in [0.3, 0.4) is 0 Å². The highest BCUT2D eigenvalue weighted by Gasteiger charge is 2.52. The fourth-order valence-corrected chi connectivity index (χ4v) is 18.6. The van der Waals surface area contributed by atoms with Crippen molar-refractivity contribution in [3.63, 3.8) is 0 Å². The van der Waals surface area contributed by atoms with Crippen molar-refractivity contribution in [3.8, 4) is 0 Å². The second-order valence-electron chi connectivity index (χ2n) is 13.0. The molecule has 1 heterocycles. The van der Waals surface area contributed by atoms with Crippen LogP contribution in [0, 0.1) is 0 Å². The van der Waals surface area contributed by atoms with Crippen LogP contribution < -0.4 is 0 Å². The van der Waals surface area contributed by atoms with Gasteiger partial charge in [0.15, 0.2) is 0 Å². The Morgan fingerprint density at radius 1 is 0.735 bits per heavy atom. The highest BCUT2D eigenvalue weighted by atomic mass is 28.4. The number of rotatable bonds is 11. The molecule has 6 heteroatoms. The standard InChI is InChI=1S/C28H56O4Si2/c1-19(2)33(20(3)4,21(5)6)31-25-17-27(28(29)15-13-14-16-28)30-18-26(25)32-34(22(7)8,23(9)10)24(11)12/h17,19-26,29H,13-16,18H2,1-12H3/t25-,26-/m1/s1. The van der Waals surface area contributed by atoms with E-state index in [-0.39, 0.29) is 12.2 Å². The molecule has 0 aromatic rings. The molecule has 0 aromatic heterocycles. The molecule has 2 aliphatic rings. The lowest BCUT2D eigenvalue weighted by Gasteiger charge is -2.50. The highest BCUT2D eigenvalue weighted by Crippen LogP contribution is 2.48. The van der Waals surface area contributed by atoms with E-state index in [2.05, 4.69) is 89.2 Å². The maximum atomic E-state index is 11.4. The van der Waals surface area contributed by atoms with Crippen LogP contribution in [0.5, 0.6) is 0 Å². The molecule has 0 bridgehead atoms. The van der Waals surface area contributed by atoms with Crippen LogP contribution in [0.2, 0.25) is 33.2 Å². The zero-order chi connectivity index (χ0) is 26.1. The van der Waals surface area contributed by atoms with Gasteiger partial charge in [0.25, 0.3) is 0 Å². The van der Waals surface area contributed by atoms with E-state index in [1.165, 1.54) is 0 Å². The highest BCUT2D eigenvalue weighted by molar-refractivity contribution is 6.78. The summed E-state index contributed by atoms with van der Waals surface area (Å²) in [6.45, 7) is 28.5. The average molecular weight is 513 g/mol. The van der Waals surface area contributed by atoms with E-state index in [0.29, 0.717) is 39.9 Å². The van der Waals surface area contributed by atoms with Gasteiger partial charge < -0.3 is 18.7 Å². The molecule has 34 heavy (non-hydrogen) atoms. The summed E-state index contributed by atoms with van der Waals surface area (Å²) in [6.07, 6.45) is 5.49. The molecule has 2 atom stereocenters. The van der Waals surface area contributed by atoms with Gasteiger partial charge in [-0.15, -0.1) is 0 Å². The topological polar surface area (TPSA) is 47.9 Å². The van der Waals surface area contributed by atoms with Crippen LogP contribution in [-0.4, -0.2) is 46.2 Å². The molecule has 0 unspecified atom stereocenters. The van der Waals surface area contributed by atoms with Crippen molar-refractivity contribution < 1.29 is 18.7 Å². The maximum Gasteiger partial charge on any atom is 0.201 e. The number of aliphatic hydroxyl groups is 1. The number of ether oxygens (including phenoxy) is 1. The summed E-state index contributed by atoms with van der Waals surface area (Å²) in [6, 6.07) is 0. The number of hydrogen-bond acceptors (Lipinski definition) is 4. The molecule has 1 fully saturated rings. The van der Waals surface area contributed by atoms with Gasteiger partial charge in [-0.2, -0.15) is 0 Å². The monoisotopic (exact) mass is 512 g/mol. The van der Waals surface area contributed by atoms with E-state index in [9.17, 15) is 5.11 Å². The van der Waals surface area contributed by atoms with Crippen LogP contribution in [0.15, 0.2) is 11.8 Å². The first-order chi connectivity index (χ1) is 15.6. The van der Waals surface area contributed by atoms with E-state index in [1.807, 2.05) is 0 Å². The SMILES string of the molecule is CC(C)[Si](O[C@@H]1C=C(C2(O)CCCC2)OC[C@H]1O[Si](C(C)C)(C(C)C)C(C)C)(C(C)C)C(C)C. The Balaban J connectivity index is 2.56. The fourth-order valence-electron chi connectivity index (χ4n) is 7.59. The van der Waals surface area contributed by atoms with Gasteiger partial charge in [0, 0.05) is 0 Å². The van der Waals surface area contributed by atoms with Crippen molar-refractivity contribution in [2.75, 3.05) is 6.61 Å².